The monoisotopic (exact) mass is 359 g/mol. The summed E-state index contributed by atoms with van der Waals surface area (Å²) in [5.74, 6) is 1.90. The van der Waals surface area contributed by atoms with E-state index in [1.807, 2.05) is 12.1 Å². The van der Waals surface area contributed by atoms with Crippen molar-refractivity contribution in [2.75, 3.05) is 36.1 Å². The third-order valence-corrected chi connectivity index (χ3v) is 5.73. The van der Waals surface area contributed by atoms with Crippen LogP contribution in [0.2, 0.25) is 0 Å². The molecule has 0 bridgehead atoms. The highest BCUT2D eigenvalue weighted by atomic mass is 32.2. The van der Waals surface area contributed by atoms with Gasteiger partial charge in [-0.15, -0.1) is 0 Å². The third-order valence-electron chi connectivity index (χ3n) is 4.38. The average Bonchev–Trinajstić information content (AvgIpc) is 3.11. The lowest BCUT2D eigenvalue weighted by Gasteiger charge is -2.18. The zero-order chi connectivity index (χ0) is 18.0. The van der Waals surface area contributed by atoms with Crippen molar-refractivity contribution in [2.45, 2.75) is 17.2 Å². The summed E-state index contributed by atoms with van der Waals surface area (Å²) in [4.78, 5) is 10.8. The number of hydrogen-bond acceptors (Lipinski definition) is 7. The Hall–Kier alpha value is -2.61. The van der Waals surface area contributed by atoms with Gasteiger partial charge in [-0.05, 0) is 24.1 Å². The van der Waals surface area contributed by atoms with Crippen LogP contribution in [-0.2, 0) is 9.84 Å². The molecule has 1 unspecified atom stereocenters. The van der Waals surface area contributed by atoms with Gasteiger partial charge in [0, 0.05) is 37.5 Å². The lowest BCUT2D eigenvalue weighted by atomic mass is 9.99. The minimum atomic E-state index is -3.43. The van der Waals surface area contributed by atoms with E-state index in [2.05, 4.69) is 26.8 Å². The maximum Gasteiger partial charge on any atom is 0.223 e. The number of nitrogens with one attached hydrogen (secondary N) is 1. The molecule has 25 heavy (non-hydrogen) atoms. The minimum Gasteiger partial charge on any atom is -0.373 e. The Morgan fingerprint density at radius 3 is 2.88 bits per heavy atom. The number of anilines is 3. The van der Waals surface area contributed by atoms with Gasteiger partial charge in [0.15, 0.2) is 9.84 Å². The molecule has 3 rings (SSSR count). The molecule has 2 heterocycles. The van der Waals surface area contributed by atoms with Crippen LogP contribution in [0.1, 0.15) is 17.9 Å². The molecule has 8 heteroatoms. The summed E-state index contributed by atoms with van der Waals surface area (Å²) in [5.41, 5.74) is 6.77. The molecule has 0 saturated carbocycles. The molecule has 1 saturated heterocycles. The van der Waals surface area contributed by atoms with Crippen LogP contribution in [0.3, 0.4) is 0 Å². The number of nitrogen functional groups attached to an aromatic ring is 1. The normalized spacial score (nSPS) is 17.5. The number of aromatic nitrogens is 2. The molecular weight excluding hydrogens is 338 g/mol. The van der Waals surface area contributed by atoms with Crippen molar-refractivity contribution >= 4 is 27.4 Å². The Bertz CT molecular complexity index is 898. The van der Waals surface area contributed by atoms with Gasteiger partial charge in [0.05, 0.1) is 4.90 Å². The van der Waals surface area contributed by atoms with Gasteiger partial charge in [0.25, 0.3) is 0 Å². The minimum absolute atomic E-state index is 0.226. The average molecular weight is 359 g/mol. The first-order valence-corrected chi connectivity index (χ1v) is 9.52. The number of nitrogens with two attached hydrogens (primary N) is 1. The number of rotatable bonds is 5. The van der Waals surface area contributed by atoms with Crippen LogP contribution in [-0.4, -0.2) is 38.5 Å². The number of benzene rings is 1. The molecule has 0 radical (unpaired) electrons. The predicted molar refractivity (Wildman–Crippen MR) is 99.4 cm³/mol. The Morgan fingerprint density at radius 1 is 1.36 bits per heavy atom. The molecule has 1 aromatic heterocycles. The van der Waals surface area contributed by atoms with Crippen LogP contribution >= 0.6 is 0 Å². The van der Waals surface area contributed by atoms with E-state index in [-0.39, 0.29) is 16.8 Å². The molecule has 1 aromatic carbocycles. The molecule has 7 nitrogen and oxygen atoms in total. The summed E-state index contributed by atoms with van der Waals surface area (Å²) >= 11 is 0. The second-order valence-corrected chi connectivity index (χ2v) is 7.83. The van der Waals surface area contributed by atoms with Gasteiger partial charge in [0.1, 0.15) is 11.6 Å². The first-order valence-electron chi connectivity index (χ1n) is 7.97. The molecule has 3 N–H and O–H groups in total. The van der Waals surface area contributed by atoms with E-state index in [1.54, 1.807) is 25.2 Å². The van der Waals surface area contributed by atoms with Crippen LogP contribution in [0.15, 0.2) is 47.2 Å². The fraction of sp³-hybridized carbons (Fsp3) is 0.294. The second kappa shape index (κ2) is 6.72. The topological polar surface area (TPSA) is 101 Å². The van der Waals surface area contributed by atoms with Crippen LogP contribution < -0.4 is 16.0 Å². The van der Waals surface area contributed by atoms with Gasteiger partial charge >= 0.3 is 0 Å². The summed E-state index contributed by atoms with van der Waals surface area (Å²) in [6, 6.07) is 8.92. The second-order valence-electron chi connectivity index (χ2n) is 5.94. The van der Waals surface area contributed by atoms with E-state index in [9.17, 15) is 8.42 Å². The van der Waals surface area contributed by atoms with Crippen LogP contribution in [0.5, 0.6) is 0 Å². The molecule has 132 valence electrons. The molecular formula is C17H21N5O2S. The third kappa shape index (κ3) is 3.58. The fourth-order valence-electron chi connectivity index (χ4n) is 3.02. The van der Waals surface area contributed by atoms with Gasteiger partial charge in [-0.3, -0.25) is 0 Å². The fourth-order valence-corrected chi connectivity index (χ4v) is 3.79. The van der Waals surface area contributed by atoms with Crippen molar-refractivity contribution < 1.29 is 8.42 Å². The van der Waals surface area contributed by atoms with Crippen molar-refractivity contribution in [1.82, 2.24) is 9.97 Å². The highest BCUT2D eigenvalue weighted by molar-refractivity contribution is 7.94. The largest absolute Gasteiger partial charge is 0.373 e. The van der Waals surface area contributed by atoms with E-state index < -0.39 is 9.84 Å². The molecule has 1 fully saturated rings. The van der Waals surface area contributed by atoms with Crippen molar-refractivity contribution in [3.05, 3.63) is 47.9 Å². The van der Waals surface area contributed by atoms with E-state index in [0.717, 1.165) is 36.3 Å². The molecule has 0 aliphatic carbocycles. The first kappa shape index (κ1) is 17.2. The van der Waals surface area contributed by atoms with E-state index in [4.69, 9.17) is 5.73 Å². The molecule has 0 spiro atoms. The highest BCUT2D eigenvalue weighted by Gasteiger charge is 2.26. The van der Waals surface area contributed by atoms with E-state index in [1.165, 1.54) is 0 Å². The van der Waals surface area contributed by atoms with Gasteiger partial charge in [-0.25, -0.2) is 8.42 Å². The maximum atomic E-state index is 12.0. The Balaban J connectivity index is 1.83. The molecule has 0 amide bonds. The summed E-state index contributed by atoms with van der Waals surface area (Å²) in [7, 11) is -1.64. The lowest BCUT2D eigenvalue weighted by Crippen LogP contribution is -2.21. The Labute approximate surface area is 147 Å². The van der Waals surface area contributed by atoms with Gasteiger partial charge in [-0.2, -0.15) is 9.97 Å². The smallest absolute Gasteiger partial charge is 0.223 e. The van der Waals surface area contributed by atoms with Crippen molar-refractivity contribution in [3.63, 3.8) is 0 Å². The number of nitrogens with zero attached hydrogens (tertiary/aromatic N) is 3. The number of sulfone groups is 1. The predicted octanol–water partition coefficient (Wildman–Crippen LogP) is 2.01. The SMILES string of the molecule is C=CS(=O)(=O)c1cccc(C2CCN(c3cc(NC)nc(N)n3)C2)c1. The Kier molecular flexibility index (Phi) is 4.63. The van der Waals surface area contributed by atoms with Crippen LogP contribution in [0.4, 0.5) is 17.6 Å². The first-order chi connectivity index (χ1) is 11.9. The standard InChI is InChI=1S/C17H21N5O2S/c1-3-25(23,24)14-6-4-5-12(9-14)13-7-8-22(11-13)16-10-15(19-2)20-17(18)21-16/h3-6,9-10,13H,1,7-8,11H2,2H3,(H3,18,19,20,21). The molecule has 2 aromatic rings. The zero-order valence-electron chi connectivity index (χ0n) is 14.0. The quantitative estimate of drug-likeness (QED) is 0.842. The molecule has 1 aliphatic rings. The van der Waals surface area contributed by atoms with E-state index >= 15 is 0 Å². The lowest BCUT2D eigenvalue weighted by molar-refractivity contribution is 0.604. The summed E-state index contributed by atoms with van der Waals surface area (Å²) in [5, 5.41) is 3.95. The van der Waals surface area contributed by atoms with Crippen LogP contribution in [0.25, 0.3) is 0 Å². The number of hydrogen-bond donors (Lipinski definition) is 2. The maximum absolute atomic E-state index is 12.0. The summed E-state index contributed by atoms with van der Waals surface area (Å²) < 4.78 is 24.0. The van der Waals surface area contributed by atoms with Gasteiger partial charge < -0.3 is 16.0 Å². The van der Waals surface area contributed by atoms with Gasteiger partial charge in [-0.1, -0.05) is 18.7 Å². The highest BCUT2D eigenvalue weighted by Crippen LogP contribution is 2.32. The van der Waals surface area contributed by atoms with Crippen molar-refractivity contribution in [3.8, 4) is 0 Å². The Morgan fingerprint density at radius 2 is 2.16 bits per heavy atom. The molecule has 1 aliphatic heterocycles. The summed E-state index contributed by atoms with van der Waals surface area (Å²) in [6.07, 6.45) is 0.913. The zero-order valence-corrected chi connectivity index (χ0v) is 14.8. The van der Waals surface area contributed by atoms with E-state index in [0.29, 0.717) is 5.82 Å². The summed E-state index contributed by atoms with van der Waals surface area (Å²) in [6.45, 7) is 4.95. The van der Waals surface area contributed by atoms with Crippen LogP contribution in [0, 0.1) is 0 Å². The van der Waals surface area contributed by atoms with Crippen molar-refractivity contribution in [1.29, 1.82) is 0 Å². The molecule has 1 atom stereocenters. The van der Waals surface area contributed by atoms with Gasteiger partial charge in [0.2, 0.25) is 5.95 Å². The van der Waals surface area contributed by atoms with Crippen molar-refractivity contribution in [2.24, 2.45) is 0 Å².